The van der Waals surface area contributed by atoms with Crippen molar-refractivity contribution in [2.75, 3.05) is 20.1 Å². The predicted octanol–water partition coefficient (Wildman–Crippen LogP) is 6.27. The number of rotatable bonds is 9. The van der Waals surface area contributed by atoms with E-state index in [0.29, 0.717) is 60.8 Å². The van der Waals surface area contributed by atoms with Gasteiger partial charge in [-0.2, -0.15) is 13.2 Å². The van der Waals surface area contributed by atoms with Gasteiger partial charge in [0.2, 0.25) is 5.91 Å². The van der Waals surface area contributed by atoms with Crippen LogP contribution in [0.2, 0.25) is 5.02 Å². The predicted molar refractivity (Wildman–Crippen MR) is 199 cm³/mol. The molecule has 5 rings (SSSR count). The average molecular weight is 772 g/mol. The van der Waals surface area contributed by atoms with Gasteiger partial charge >= 0.3 is 6.18 Å². The molecule has 0 bridgehead atoms. The number of nitrogens with two attached hydrogens (primary N) is 2. The molecule has 0 aliphatic carbocycles. The Bertz CT molecular complexity index is 1910. The topological polar surface area (TPSA) is 160 Å². The van der Waals surface area contributed by atoms with Crippen LogP contribution in [0.5, 0.6) is 0 Å². The quantitative estimate of drug-likeness (QED) is 0.144. The first-order valence-electron chi connectivity index (χ1n) is 17.8. The van der Waals surface area contributed by atoms with Gasteiger partial charge in [0.05, 0.1) is 28.4 Å². The summed E-state index contributed by atoms with van der Waals surface area (Å²) in [6.45, 7) is 0.890. The Kier molecular flexibility index (Phi) is 14.1. The van der Waals surface area contributed by atoms with Gasteiger partial charge in [0, 0.05) is 73.2 Å². The number of carbonyl (C=O) groups excluding carboxylic acids is 3. The number of H-pyrrole nitrogens is 1. The highest BCUT2D eigenvalue weighted by Gasteiger charge is 2.36. The Balaban J connectivity index is 1.61. The maximum atomic E-state index is 14.4. The van der Waals surface area contributed by atoms with Crippen LogP contribution in [0, 0.1) is 5.92 Å². The van der Waals surface area contributed by atoms with Crippen molar-refractivity contribution >= 4 is 51.7 Å². The lowest BCUT2D eigenvalue weighted by molar-refractivity contribution is -0.143. The smallest absolute Gasteiger partial charge is 0.361 e. The minimum absolute atomic E-state index is 0.0622. The van der Waals surface area contributed by atoms with Gasteiger partial charge in [-0.3, -0.25) is 19.4 Å². The number of unbranched alkanes of at least 4 members (excludes halogenated alkanes) is 1. The van der Waals surface area contributed by atoms with E-state index in [1.165, 1.54) is 17.3 Å². The molecule has 284 valence electrons. The molecular weight excluding hydrogens is 727 g/mol. The normalized spacial score (nSPS) is 19.6. The summed E-state index contributed by atoms with van der Waals surface area (Å²) in [7, 11) is 1.56. The highest BCUT2D eigenvalue weighted by atomic mass is 35.5. The zero-order valence-corrected chi connectivity index (χ0v) is 31.1. The number of Topliss-reactive ketones (excluding diaryl/α,β-unsaturated/α-hetero) is 2. The molecule has 1 amide bonds. The number of carbonyl (C=O) groups is 3. The van der Waals surface area contributed by atoms with E-state index in [4.69, 9.17) is 23.1 Å². The van der Waals surface area contributed by atoms with E-state index in [1.54, 1.807) is 13.2 Å². The van der Waals surface area contributed by atoms with Crippen LogP contribution in [0.15, 0.2) is 64.9 Å². The fourth-order valence-electron chi connectivity index (χ4n) is 6.76. The molecule has 3 atom stereocenters. The number of aryl methyl sites for hydroxylation is 1. The van der Waals surface area contributed by atoms with Gasteiger partial charge in [-0.1, -0.05) is 48.0 Å². The summed E-state index contributed by atoms with van der Waals surface area (Å²) < 4.78 is 42.2. The average Bonchev–Trinajstić information content (AvgIpc) is 3.55. The van der Waals surface area contributed by atoms with Crippen LogP contribution in [0.25, 0.3) is 10.9 Å². The third kappa shape index (κ3) is 10.2. The van der Waals surface area contributed by atoms with Crippen molar-refractivity contribution in [3.8, 4) is 0 Å². The summed E-state index contributed by atoms with van der Waals surface area (Å²) >= 11 is 7.63. The summed E-state index contributed by atoms with van der Waals surface area (Å²) in [6.07, 6.45) is 2.52. The number of benzene rings is 2. The number of likely N-dealkylation sites (N-methyl/N-ethyl adjacent to an activating group) is 1. The van der Waals surface area contributed by atoms with E-state index >= 15 is 0 Å². The maximum Gasteiger partial charge on any atom is 0.416 e. The zero-order chi connectivity index (χ0) is 38.1. The summed E-state index contributed by atoms with van der Waals surface area (Å²) in [4.78, 5) is 56.7. The number of hydrogen-bond acceptors (Lipinski definition) is 9. The number of nitrogens with one attached hydrogen (secondary N) is 2. The van der Waals surface area contributed by atoms with Crippen LogP contribution in [-0.4, -0.2) is 69.5 Å². The minimum Gasteiger partial charge on any atom is -0.361 e. The molecule has 0 saturated heterocycles. The van der Waals surface area contributed by atoms with Gasteiger partial charge < -0.3 is 26.7 Å². The first-order valence-corrected chi connectivity index (χ1v) is 19.0. The van der Waals surface area contributed by atoms with Crippen molar-refractivity contribution in [1.29, 1.82) is 0 Å². The van der Waals surface area contributed by atoms with Gasteiger partial charge in [-0.05, 0) is 74.5 Å². The second-order valence-corrected chi connectivity index (χ2v) is 14.8. The third-order valence-electron chi connectivity index (χ3n) is 9.70. The van der Waals surface area contributed by atoms with Gasteiger partial charge in [-0.25, -0.2) is 4.98 Å². The molecule has 0 spiro atoms. The van der Waals surface area contributed by atoms with Crippen molar-refractivity contribution in [3.63, 3.8) is 0 Å². The molecule has 0 unspecified atom stereocenters. The summed E-state index contributed by atoms with van der Waals surface area (Å²) in [6, 6.07) is 7.83. The van der Waals surface area contributed by atoms with E-state index < -0.39 is 29.7 Å². The molecule has 4 aromatic rings. The van der Waals surface area contributed by atoms with E-state index in [-0.39, 0.29) is 60.3 Å². The summed E-state index contributed by atoms with van der Waals surface area (Å²) in [5.74, 6) is -1.60. The van der Waals surface area contributed by atoms with E-state index in [2.05, 4.69) is 20.3 Å². The fraction of sp³-hybridized carbons (Fsp3) is 0.447. The van der Waals surface area contributed by atoms with Crippen molar-refractivity contribution < 1.29 is 27.6 Å². The second-order valence-electron chi connectivity index (χ2n) is 13.4. The lowest BCUT2D eigenvalue weighted by atomic mass is 9.89. The molecule has 0 saturated carbocycles. The number of para-hydroxylation sites is 1. The lowest BCUT2D eigenvalue weighted by Gasteiger charge is -2.31. The fourth-order valence-corrected chi connectivity index (χ4v) is 8.12. The van der Waals surface area contributed by atoms with Gasteiger partial charge in [-0.15, -0.1) is 0 Å². The minimum atomic E-state index is -4.68. The first-order chi connectivity index (χ1) is 25.4. The van der Waals surface area contributed by atoms with E-state index in [0.717, 1.165) is 40.4 Å². The van der Waals surface area contributed by atoms with Gasteiger partial charge in [0.15, 0.2) is 11.6 Å². The SMILES string of the molecule is CN1C(=O)[C@H](CCCCN)CC(=O)[C@H](CCCN)NCc2nccnc2Sc2c(Cl)cc(C(F)(F)F)cc2CCC(=O)[C@@H]1Cc1c[nH]c2ccccc12. The maximum absolute atomic E-state index is 14.4. The van der Waals surface area contributed by atoms with Crippen LogP contribution in [-0.2, 0) is 39.9 Å². The summed E-state index contributed by atoms with van der Waals surface area (Å²) in [5, 5.41) is 4.42. The Labute approximate surface area is 316 Å². The number of aromatic amines is 1. The molecular formula is C38H45ClF3N7O3S. The van der Waals surface area contributed by atoms with Crippen molar-refractivity contribution in [2.24, 2.45) is 17.4 Å². The molecule has 3 heterocycles. The van der Waals surface area contributed by atoms with Crippen molar-refractivity contribution in [2.45, 2.75) is 92.5 Å². The van der Waals surface area contributed by atoms with Crippen LogP contribution in [0.4, 0.5) is 13.2 Å². The summed E-state index contributed by atoms with van der Waals surface area (Å²) in [5.41, 5.74) is 13.0. The molecule has 15 heteroatoms. The molecule has 0 radical (unpaired) electrons. The van der Waals surface area contributed by atoms with Crippen LogP contribution >= 0.6 is 23.4 Å². The monoisotopic (exact) mass is 771 g/mol. The highest BCUT2D eigenvalue weighted by Crippen LogP contribution is 2.41. The molecule has 0 fully saturated rings. The highest BCUT2D eigenvalue weighted by molar-refractivity contribution is 7.99. The molecule has 1 aliphatic rings. The molecule has 1 aliphatic heterocycles. The van der Waals surface area contributed by atoms with E-state index in [9.17, 15) is 27.6 Å². The number of amides is 1. The van der Waals surface area contributed by atoms with Gasteiger partial charge in [0.25, 0.3) is 0 Å². The Morgan fingerprint density at radius 2 is 1.74 bits per heavy atom. The number of hydrogen-bond donors (Lipinski definition) is 4. The number of halogens is 4. The van der Waals surface area contributed by atoms with Crippen LogP contribution in [0.3, 0.4) is 0 Å². The standard InChI is InChI=1S/C38H45ClF3N7O3S/c1-49-32(18-25-21-47-29-9-3-2-8-27(25)29)33(50)12-11-23-17-26(38(40,41)42)20-28(39)35(23)53-36-31(45-15-16-46-36)22-48-30(10-6-14-44)34(51)19-24(37(49)52)7-4-5-13-43/h2-3,8-9,15-17,20-21,24,30,32,47-48H,4-7,10-14,18-19,22,43-44H2,1H3/t24-,30+,32+/m1/s1. The zero-order valence-electron chi connectivity index (χ0n) is 29.6. The molecule has 2 aromatic carbocycles. The molecule has 10 nitrogen and oxygen atoms in total. The van der Waals surface area contributed by atoms with Gasteiger partial charge in [0.1, 0.15) is 5.03 Å². The second kappa shape index (κ2) is 18.5. The van der Waals surface area contributed by atoms with Crippen molar-refractivity contribution in [1.82, 2.24) is 25.2 Å². The van der Waals surface area contributed by atoms with Crippen LogP contribution in [0.1, 0.15) is 67.3 Å². The number of aromatic nitrogens is 3. The van der Waals surface area contributed by atoms with E-state index in [1.807, 2.05) is 24.3 Å². The Morgan fingerprint density at radius 3 is 2.49 bits per heavy atom. The number of ketones is 2. The molecule has 6 N–H and O–H groups in total. The van der Waals surface area contributed by atoms with Crippen molar-refractivity contribution in [3.05, 3.63) is 82.4 Å². The third-order valence-corrected chi connectivity index (χ3v) is 11.3. The lowest BCUT2D eigenvalue weighted by Crippen LogP contribution is -2.47. The Hall–Kier alpha value is -3.82. The largest absolute Gasteiger partial charge is 0.416 e. The number of fused-ring (bicyclic) bond motifs is 3. The Morgan fingerprint density at radius 1 is 0.981 bits per heavy atom. The molecule has 53 heavy (non-hydrogen) atoms. The molecule has 2 aromatic heterocycles. The number of nitrogens with zero attached hydrogens (tertiary/aromatic N) is 3. The number of alkyl halides is 3. The first kappa shape index (κ1) is 40.4. The van der Waals surface area contributed by atoms with Crippen LogP contribution < -0.4 is 16.8 Å².